The van der Waals surface area contributed by atoms with Crippen molar-refractivity contribution in [2.45, 2.75) is 38.7 Å². The number of halogens is 1. The van der Waals surface area contributed by atoms with Crippen LogP contribution in [-0.4, -0.2) is 11.2 Å². The molecule has 0 saturated heterocycles. The molecule has 1 N–H and O–H groups in total. The third-order valence-electron chi connectivity index (χ3n) is 3.31. The third kappa shape index (κ3) is 1.91. The Bertz CT molecular complexity index is 360. The molecule has 1 aromatic carbocycles. The van der Waals surface area contributed by atoms with Crippen LogP contribution in [0.4, 0.5) is 4.39 Å². The van der Waals surface area contributed by atoms with E-state index in [1.165, 1.54) is 6.07 Å². The van der Waals surface area contributed by atoms with Gasteiger partial charge < -0.3 is 5.11 Å². The van der Waals surface area contributed by atoms with Gasteiger partial charge in [0.2, 0.25) is 0 Å². The molecule has 0 aromatic heterocycles. The summed E-state index contributed by atoms with van der Waals surface area (Å²) >= 11 is 0. The highest BCUT2D eigenvalue weighted by Crippen LogP contribution is 2.37. The van der Waals surface area contributed by atoms with Crippen LogP contribution in [0.1, 0.15) is 37.3 Å². The fraction of sp³-hybridized carbons (Fsp3) is 0.538. The van der Waals surface area contributed by atoms with Crippen LogP contribution in [0.3, 0.4) is 0 Å². The summed E-state index contributed by atoms with van der Waals surface area (Å²) < 4.78 is 13.1. The molecule has 0 fully saturated rings. The first-order valence-corrected chi connectivity index (χ1v) is 5.56. The second kappa shape index (κ2) is 3.93. The third-order valence-corrected chi connectivity index (χ3v) is 3.31. The van der Waals surface area contributed by atoms with Crippen LogP contribution >= 0.6 is 0 Å². The van der Waals surface area contributed by atoms with E-state index in [4.69, 9.17) is 0 Å². The predicted octanol–water partition coefficient (Wildman–Crippen LogP) is 2.87. The van der Waals surface area contributed by atoms with Crippen molar-refractivity contribution in [3.63, 3.8) is 0 Å². The zero-order valence-electron chi connectivity index (χ0n) is 9.20. The van der Waals surface area contributed by atoms with E-state index in [0.717, 1.165) is 24.0 Å². The number of aryl methyl sites for hydroxylation is 1. The Balaban J connectivity index is 2.43. The monoisotopic (exact) mass is 208 g/mol. The highest BCUT2D eigenvalue weighted by molar-refractivity contribution is 5.34. The summed E-state index contributed by atoms with van der Waals surface area (Å²) in [5.74, 6) is 0.381. The molecular weight excluding hydrogens is 191 g/mol. The first-order chi connectivity index (χ1) is 7.09. The topological polar surface area (TPSA) is 20.2 Å². The highest BCUT2D eigenvalue weighted by Gasteiger charge is 2.30. The van der Waals surface area contributed by atoms with Crippen molar-refractivity contribution in [2.24, 2.45) is 5.92 Å². The smallest absolute Gasteiger partial charge is 0.123 e. The molecule has 2 rings (SSSR count). The van der Waals surface area contributed by atoms with Gasteiger partial charge in [0, 0.05) is 5.92 Å². The number of aliphatic hydroxyl groups excluding tert-OH is 1. The van der Waals surface area contributed by atoms with Crippen LogP contribution in [0.25, 0.3) is 0 Å². The second-order valence-corrected chi connectivity index (χ2v) is 4.72. The van der Waals surface area contributed by atoms with Crippen LogP contribution in [0, 0.1) is 11.7 Å². The van der Waals surface area contributed by atoms with Gasteiger partial charge in [0.1, 0.15) is 5.82 Å². The molecule has 0 unspecified atom stereocenters. The van der Waals surface area contributed by atoms with E-state index in [1.807, 2.05) is 6.07 Å². The van der Waals surface area contributed by atoms with Gasteiger partial charge in [-0.3, -0.25) is 0 Å². The van der Waals surface area contributed by atoms with Crippen LogP contribution in [0.15, 0.2) is 18.2 Å². The molecule has 1 nitrogen and oxygen atoms in total. The molecule has 0 amide bonds. The molecule has 2 heteroatoms. The van der Waals surface area contributed by atoms with E-state index < -0.39 is 0 Å². The SMILES string of the molecule is CC(C)[C@H]1c2ccc(F)cc2CC[C@@H]1O. The second-order valence-electron chi connectivity index (χ2n) is 4.72. The molecule has 1 aliphatic carbocycles. The van der Waals surface area contributed by atoms with E-state index >= 15 is 0 Å². The fourth-order valence-corrected chi connectivity index (χ4v) is 2.61. The van der Waals surface area contributed by atoms with Crippen LogP contribution in [-0.2, 0) is 6.42 Å². The van der Waals surface area contributed by atoms with E-state index in [2.05, 4.69) is 13.8 Å². The lowest BCUT2D eigenvalue weighted by Gasteiger charge is -2.33. The van der Waals surface area contributed by atoms with Gasteiger partial charge in [-0.2, -0.15) is 0 Å². The van der Waals surface area contributed by atoms with Crippen molar-refractivity contribution in [3.8, 4) is 0 Å². The highest BCUT2D eigenvalue weighted by atomic mass is 19.1. The molecule has 1 aromatic rings. The summed E-state index contributed by atoms with van der Waals surface area (Å²) in [5, 5.41) is 9.96. The molecule has 2 atom stereocenters. The van der Waals surface area contributed by atoms with E-state index in [1.54, 1.807) is 6.07 Å². The minimum Gasteiger partial charge on any atom is -0.392 e. The van der Waals surface area contributed by atoms with Gasteiger partial charge >= 0.3 is 0 Å². The average molecular weight is 208 g/mol. The minimum absolute atomic E-state index is 0.161. The van der Waals surface area contributed by atoms with E-state index in [0.29, 0.717) is 5.92 Å². The molecule has 1 aliphatic rings. The van der Waals surface area contributed by atoms with Crippen molar-refractivity contribution >= 4 is 0 Å². The lowest BCUT2D eigenvalue weighted by Crippen LogP contribution is -2.28. The van der Waals surface area contributed by atoms with Crippen molar-refractivity contribution in [1.82, 2.24) is 0 Å². The van der Waals surface area contributed by atoms with Gasteiger partial charge in [-0.15, -0.1) is 0 Å². The largest absolute Gasteiger partial charge is 0.392 e. The zero-order chi connectivity index (χ0) is 11.0. The van der Waals surface area contributed by atoms with Crippen molar-refractivity contribution in [3.05, 3.63) is 35.1 Å². The van der Waals surface area contributed by atoms with Gasteiger partial charge in [-0.25, -0.2) is 4.39 Å². The number of rotatable bonds is 1. The van der Waals surface area contributed by atoms with Crippen LogP contribution < -0.4 is 0 Å². The Kier molecular flexibility index (Phi) is 2.79. The maximum absolute atomic E-state index is 13.1. The molecule has 82 valence electrons. The maximum Gasteiger partial charge on any atom is 0.123 e. The number of benzene rings is 1. The average Bonchev–Trinajstić information content (AvgIpc) is 2.17. The quantitative estimate of drug-likeness (QED) is 0.752. The normalized spacial score (nSPS) is 25.4. The van der Waals surface area contributed by atoms with Crippen molar-refractivity contribution < 1.29 is 9.50 Å². The summed E-state index contributed by atoms with van der Waals surface area (Å²) in [4.78, 5) is 0. The first kappa shape index (κ1) is 10.6. The summed E-state index contributed by atoms with van der Waals surface area (Å²) in [6, 6.07) is 4.93. The lowest BCUT2D eigenvalue weighted by atomic mass is 9.75. The Morgan fingerprint density at radius 2 is 2.13 bits per heavy atom. The molecule has 0 aliphatic heterocycles. The Morgan fingerprint density at radius 3 is 2.80 bits per heavy atom. The molecule has 0 bridgehead atoms. The van der Waals surface area contributed by atoms with E-state index in [-0.39, 0.29) is 17.8 Å². The molecule has 15 heavy (non-hydrogen) atoms. The van der Waals surface area contributed by atoms with Gasteiger partial charge in [-0.05, 0) is 42.0 Å². The van der Waals surface area contributed by atoms with Crippen molar-refractivity contribution in [1.29, 1.82) is 0 Å². The van der Waals surface area contributed by atoms with Crippen molar-refractivity contribution in [2.75, 3.05) is 0 Å². The lowest BCUT2D eigenvalue weighted by molar-refractivity contribution is 0.106. The number of hydrogen-bond donors (Lipinski definition) is 1. The molecule has 0 heterocycles. The molecule has 0 saturated carbocycles. The van der Waals surface area contributed by atoms with Gasteiger partial charge in [-0.1, -0.05) is 19.9 Å². The van der Waals surface area contributed by atoms with Gasteiger partial charge in [0.15, 0.2) is 0 Å². The summed E-state index contributed by atoms with van der Waals surface area (Å²) in [6.07, 6.45) is 1.26. The summed E-state index contributed by atoms with van der Waals surface area (Å²) in [6.45, 7) is 4.21. The number of aliphatic hydroxyl groups is 1. The summed E-state index contributed by atoms with van der Waals surface area (Å²) in [7, 11) is 0. The Hall–Kier alpha value is -0.890. The predicted molar refractivity (Wildman–Crippen MR) is 58.3 cm³/mol. The van der Waals surface area contributed by atoms with Crippen LogP contribution in [0.5, 0.6) is 0 Å². The standard InChI is InChI=1S/C13H17FO/c1-8(2)13-11-5-4-10(14)7-9(11)3-6-12(13)15/h4-5,7-8,12-13,15H,3,6H2,1-2H3/t12-,13-/m0/s1. The summed E-state index contributed by atoms with van der Waals surface area (Å²) in [5.41, 5.74) is 2.20. The first-order valence-electron chi connectivity index (χ1n) is 5.56. The zero-order valence-corrected chi connectivity index (χ0v) is 9.20. The van der Waals surface area contributed by atoms with Gasteiger partial charge in [0.25, 0.3) is 0 Å². The molecule has 0 radical (unpaired) electrons. The Morgan fingerprint density at radius 1 is 1.40 bits per heavy atom. The Labute approximate surface area is 89.9 Å². The van der Waals surface area contributed by atoms with Crippen LogP contribution in [0.2, 0.25) is 0 Å². The van der Waals surface area contributed by atoms with E-state index in [9.17, 15) is 9.50 Å². The maximum atomic E-state index is 13.1. The fourth-order valence-electron chi connectivity index (χ4n) is 2.61. The number of fused-ring (bicyclic) bond motifs is 1. The molecule has 0 spiro atoms. The van der Waals surface area contributed by atoms with Gasteiger partial charge in [0.05, 0.1) is 6.10 Å². The number of hydrogen-bond acceptors (Lipinski definition) is 1. The molecular formula is C13H17FO. The minimum atomic E-state index is -0.275.